The van der Waals surface area contributed by atoms with Crippen LogP contribution >= 0.6 is 0 Å². The first-order valence-electron chi connectivity index (χ1n) is 8.79. The Balaban J connectivity index is 0.000000626. The molecule has 1 rings (SSSR count). The molecule has 0 aliphatic heterocycles. The van der Waals surface area contributed by atoms with E-state index < -0.39 is 0 Å². The van der Waals surface area contributed by atoms with Crippen LogP contribution in [0.3, 0.4) is 0 Å². The van der Waals surface area contributed by atoms with Crippen molar-refractivity contribution in [3.8, 4) is 5.75 Å². The summed E-state index contributed by atoms with van der Waals surface area (Å²) in [4.78, 5) is 0. The number of hydrogen-bond donors (Lipinski definition) is 1. The van der Waals surface area contributed by atoms with Crippen LogP contribution in [0, 0.1) is 6.92 Å². The van der Waals surface area contributed by atoms with Gasteiger partial charge in [-0.15, -0.1) is 0 Å². The van der Waals surface area contributed by atoms with E-state index in [4.69, 9.17) is 0 Å². The molecule has 0 bridgehead atoms. The standard InChI is InChI=1S/C15H24O.C6H14/c1-10-8-11(14(2,3)4)13(16)12(9-10)15(5,6)7;1-3-5-6-4-2/h8-9,16H,1-7H3;3-6H2,1-2H3. The molecule has 0 saturated heterocycles. The summed E-state index contributed by atoms with van der Waals surface area (Å²) >= 11 is 0. The third-order valence-electron chi connectivity index (χ3n) is 3.83. The number of unbranched alkanes of at least 4 members (excludes halogenated alkanes) is 3. The summed E-state index contributed by atoms with van der Waals surface area (Å²) in [6.45, 7) is 19.3. The lowest BCUT2D eigenvalue weighted by Crippen LogP contribution is -2.17. The van der Waals surface area contributed by atoms with E-state index >= 15 is 0 Å². The molecule has 1 aromatic carbocycles. The predicted octanol–water partition coefficient (Wildman–Crippen LogP) is 6.88. The average molecular weight is 307 g/mol. The Morgan fingerprint density at radius 1 is 0.773 bits per heavy atom. The minimum Gasteiger partial charge on any atom is -0.507 e. The number of phenolic OH excluding ortho intramolecular Hbond substituents is 1. The molecule has 1 aromatic rings. The lowest BCUT2D eigenvalue weighted by Gasteiger charge is -2.27. The van der Waals surface area contributed by atoms with Crippen molar-refractivity contribution in [3.05, 3.63) is 28.8 Å². The SMILES string of the molecule is CCCCCC.Cc1cc(C(C)(C)C)c(O)c(C(C)(C)C)c1. The molecule has 0 saturated carbocycles. The van der Waals surface area contributed by atoms with Gasteiger partial charge in [0, 0.05) is 0 Å². The fourth-order valence-electron chi connectivity index (χ4n) is 2.42. The first-order valence-corrected chi connectivity index (χ1v) is 8.79. The minimum absolute atomic E-state index is 0.0178. The van der Waals surface area contributed by atoms with E-state index in [2.05, 4.69) is 74.4 Å². The highest BCUT2D eigenvalue weighted by Gasteiger charge is 2.25. The van der Waals surface area contributed by atoms with Gasteiger partial charge in [-0.25, -0.2) is 0 Å². The molecule has 1 nitrogen and oxygen atoms in total. The maximum atomic E-state index is 10.4. The van der Waals surface area contributed by atoms with E-state index in [1.165, 1.54) is 31.2 Å². The maximum Gasteiger partial charge on any atom is 0.123 e. The Kier molecular flexibility index (Phi) is 8.22. The van der Waals surface area contributed by atoms with Crippen molar-refractivity contribution in [1.29, 1.82) is 0 Å². The molecule has 0 aliphatic carbocycles. The second kappa shape index (κ2) is 8.60. The van der Waals surface area contributed by atoms with Crippen molar-refractivity contribution in [3.63, 3.8) is 0 Å². The van der Waals surface area contributed by atoms with Crippen molar-refractivity contribution < 1.29 is 5.11 Å². The molecule has 128 valence electrons. The van der Waals surface area contributed by atoms with Crippen molar-refractivity contribution in [2.45, 2.75) is 98.8 Å². The highest BCUT2D eigenvalue weighted by molar-refractivity contribution is 5.49. The summed E-state index contributed by atoms with van der Waals surface area (Å²) in [5.74, 6) is 0.464. The first-order chi connectivity index (χ1) is 9.95. The molecule has 0 radical (unpaired) electrons. The van der Waals surface area contributed by atoms with Gasteiger partial charge in [0.1, 0.15) is 5.75 Å². The summed E-state index contributed by atoms with van der Waals surface area (Å²) in [7, 11) is 0. The van der Waals surface area contributed by atoms with Crippen molar-refractivity contribution in [2.24, 2.45) is 0 Å². The number of benzene rings is 1. The number of aromatic hydroxyl groups is 1. The molecule has 0 aromatic heterocycles. The monoisotopic (exact) mass is 306 g/mol. The third kappa shape index (κ3) is 6.85. The second-order valence-electron chi connectivity index (χ2n) is 8.42. The van der Waals surface area contributed by atoms with E-state index in [-0.39, 0.29) is 10.8 Å². The predicted molar refractivity (Wildman–Crippen MR) is 100 cm³/mol. The fourth-order valence-corrected chi connectivity index (χ4v) is 2.42. The van der Waals surface area contributed by atoms with Crippen LogP contribution in [-0.4, -0.2) is 5.11 Å². The van der Waals surface area contributed by atoms with Crippen LogP contribution < -0.4 is 0 Å². The molecule has 22 heavy (non-hydrogen) atoms. The normalized spacial score (nSPS) is 11.9. The summed E-state index contributed by atoms with van der Waals surface area (Å²) < 4.78 is 0. The molecule has 0 aliphatic rings. The topological polar surface area (TPSA) is 20.2 Å². The molecule has 0 heterocycles. The van der Waals surface area contributed by atoms with Crippen molar-refractivity contribution >= 4 is 0 Å². The Bertz CT molecular complexity index is 405. The van der Waals surface area contributed by atoms with Crippen LogP contribution in [0.15, 0.2) is 12.1 Å². The smallest absolute Gasteiger partial charge is 0.123 e. The first kappa shape index (κ1) is 21.0. The lowest BCUT2D eigenvalue weighted by atomic mass is 9.78. The zero-order chi connectivity index (χ0) is 17.6. The summed E-state index contributed by atoms with van der Waals surface area (Å²) in [5.41, 5.74) is 3.26. The van der Waals surface area contributed by atoms with E-state index in [1.807, 2.05) is 0 Å². The average Bonchev–Trinajstić information content (AvgIpc) is 2.37. The molecule has 0 atom stereocenters. The molecule has 0 spiro atoms. The van der Waals surface area contributed by atoms with Gasteiger partial charge in [0.05, 0.1) is 0 Å². The third-order valence-corrected chi connectivity index (χ3v) is 3.83. The van der Waals surface area contributed by atoms with Gasteiger partial charge in [-0.05, 0) is 28.9 Å². The highest BCUT2D eigenvalue weighted by atomic mass is 16.3. The fraction of sp³-hybridized carbons (Fsp3) is 0.714. The van der Waals surface area contributed by atoms with Gasteiger partial charge in [0.2, 0.25) is 0 Å². The van der Waals surface area contributed by atoms with E-state index in [0.717, 1.165) is 11.1 Å². The van der Waals surface area contributed by atoms with Crippen LogP contribution in [-0.2, 0) is 10.8 Å². The van der Waals surface area contributed by atoms with Crippen LogP contribution in [0.25, 0.3) is 0 Å². The number of hydrogen-bond acceptors (Lipinski definition) is 1. The minimum atomic E-state index is -0.0178. The van der Waals surface area contributed by atoms with Gasteiger partial charge < -0.3 is 5.11 Å². The molecular formula is C21H38O. The van der Waals surface area contributed by atoms with Gasteiger partial charge >= 0.3 is 0 Å². The highest BCUT2D eigenvalue weighted by Crippen LogP contribution is 2.39. The van der Waals surface area contributed by atoms with E-state index in [0.29, 0.717) is 5.75 Å². The van der Waals surface area contributed by atoms with Crippen LogP contribution in [0.2, 0.25) is 0 Å². The zero-order valence-corrected chi connectivity index (χ0v) is 16.4. The molecule has 0 amide bonds. The second-order valence-corrected chi connectivity index (χ2v) is 8.42. The Labute approximate surface area is 139 Å². The molecule has 1 heteroatoms. The maximum absolute atomic E-state index is 10.4. The number of phenols is 1. The van der Waals surface area contributed by atoms with Gasteiger partial charge in [-0.3, -0.25) is 0 Å². The summed E-state index contributed by atoms with van der Waals surface area (Å²) in [5, 5.41) is 10.4. The Morgan fingerprint density at radius 2 is 1.09 bits per heavy atom. The molecule has 0 fully saturated rings. The number of aryl methyl sites for hydroxylation is 1. The van der Waals surface area contributed by atoms with Crippen LogP contribution in [0.1, 0.15) is 97.8 Å². The van der Waals surface area contributed by atoms with Crippen LogP contribution in [0.4, 0.5) is 0 Å². The molecular weight excluding hydrogens is 268 g/mol. The Hall–Kier alpha value is -0.980. The summed E-state index contributed by atoms with van der Waals surface area (Å²) in [6, 6.07) is 4.18. The van der Waals surface area contributed by atoms with E-state index in [9.17, 15) is 5.11 Å². The largest absolute Gasteiger partial charge is 0.507 e. The van der Waals surface area contributed by atoms with Gasteiger partial charge in [0.25, 0.3) is 0 Å². The van der Waals surface area contributed by atoms with E-state index in [1.54, 1.807) is 0 Å². The number of rotatable bonds is 3. The quantitative estimate of drug-likeness (QED) is 0.603. The lowest BCUT2D eigenvalue weighted by molar-refractivity contribution is 0.423. The van der Waals surface area contributed by atoms with Gasteiger partial charge in [-0.1, -0.05) is 98.8 Å². The van der Waals surface area contributed by atoms with Crippen molar-refractivity contribution in [2.75, 3.05) is 0 Å². The molecule has 0 unspecified atom stereocenters. The van der Waals surface area contributed by atoms with Crippen LogP contribution in [0.5, 0.6) is 5.75 Å². The summed E-state index contributed by atoms with van der Waals surface area (Å²) in [6.07, 6.45) is 5.54. The molecule has 1 N–H and O–H groups in total. The van der Waals surface area contributed by atoms with Gasteiger partial charge in [-0.2, -0.15) is 0 Å². The Morgan fingerprint density at radius 3 is 1.32 bits per heavy atom. The zero-order valence-electron chi connectivity index (χ0n) is 16.4. The van der Waals surface area contributed by atoms with Crippen molar-refractivity contribution in [1.82, 2.24) is 0 Å². The van der Waals surface area contributed by atoms with Gasteiger partial charge in [0.15, 0.2) is 0 Å².